The van der Waals surface area contributed by atoms with Gasteiger partial charge < -0.3 is 15.2 Å². The summed E-state index contributed by atoms with van der Waals surface area (Å²) in [4.78, 5) is 17.4. The smallest absolute Gasteiger partial charge is 0.382 e. The lowest BCUT2D eigenvalue weighted by Gasteiger charge is -2.61. The normalized spacial score (nSPS) is 19.7. The summed E-state index contributed by atoms with van der Waals surface area (Å²) in [5, 5.41) is 27.2. The standard InChI is InChI=1S/C33H30ClF3N8O/c1-31(2,33(35,36)37)17-40-27-19(14-38)15-39-28-24(27)9-20(10-25(28)34)41-29(26-16-45(43-42-26)32-11-18(12-32)13-32)22-5-4-6-23-21(22)7-8-44(3)30(23)46/h4-10,15-16,18,29,41H,11-13,17H2,1-3H3,(H,39,40)/t18?,29-,32?/m0/s1. The summed E-state index contributed by atoms with van der Waals surface area (Å²) in [6.07, 6.45) is 3.72. The van der Waals surface area contributed by atoms with Gasteiger partial charge in [0.2, 0.25) is 0 Å². The Bertz CT molecular complexity index is 2110. The lowest BCUT2D eigenvalue weighted by atomic mass is 9.50. The average Bonchev–Trinajstić information content (AvgIpc) is 3.43. The van der Waals surface area contributed by atoms with Crippen molar-refractivity contribution < 1.29 is 13.2 Å². The van der Waals surface area contributed by atoms with Gasteiger partial charge in [0.15, 0.2) is 0 Å². The molecule has 3 saturated carbocycles. The summed E-state index contributed by atoms with van der Waals surface area (Å²) in [6.45, 7) is 1.72. The number of fused-ring (bicyclic) bond motifs is 2. The first kappa shape index (κ1) is 30.0. The molecule has 13 heteroatoms. The zero-order valence-electron chi connectivity index (χ0n) is 25.3. The van der Waals surface area contributed by atoms with Gasteiger partial charge in [-0.25, -0.2) is 4.68 Å². The van der Waals surface area contributed by atoms with Crippen LogP contribution in [0.5, 0.6) is 0 Å². The molecule has 8 rings (SSSR count). The van der Waals surface area contributed by atoms with Crippen molar-refractivity contribution in [1.82, 2.24) is 24.5 Å². The van der Waals surface area contributed by atoms with Crippen LogP contribution in [0.25, 0.3) is 21.7 Å². The minimum Gasteiger partial charge on any atom is -0.382 e. The number of nitriles is 1. The molecule has 0 saturated heterocycles. The van der Waals surface area contributed by atoms with Gasteiger partial charge >= 0.3 is 6.18 Å². The highest BCUT2D eigenvalue weighted by molar-refractivity contribution is 6.35. The predicted molar refractivity (Wildman–Crippen MR) is 170 cm³/mol. The molecule has 9 nitrogen and oxygen atoms in total. The van der Waals surface area contributed by atoms with Gasteiger partial charge in [0.25, 0.3) is 5.56 Å². The van der Waals surface area contributed by atoms with Crippen LogP contribution in [-0.2, 0) is 12.6 Å². The highest BCUT2D eigenvalue weighted by atomic mass is 35.5. The van der Waals surface area contributed by atoms with Gasteiger partial charge in [0, 0.05) is 42.4 Å². The van der Waals surface area contributed by atoms with Crippen LogP contribution in [-0.4, -0.2) is 37.3 Å². The van der Waals surface area contributed by atoms with Gasteiger partial charge in [-0.15, -0.1) is 5.10 Å². The Morgan fingerprint density at radius 2 is 1.91 bits per heavy atom. The molecule has 3 aliphatic carbocycles. The second kappa shape index (κ2) is 10.5. The first-order valence-corrected chi connectivity index (χ1v) is 15.3. The Morgan fingerprint density at radius 1 is 1.15 bits per heavy atom. The molecule has 2 aromatic carbocycles. The van der Waals surface area contributed by atoms with Crippen LogP contribution in [0.15, 0.2) is 59.8 Å². The van der Waals surface area contributed by atoms with Crippen molar-refractivity contribution in [2.75, 3.05) is 17.2 Å². The zero-order chi connectivity index (χ0) is 32.6. The molecule has 3 aliphatic rings. The van der Waals surface area contributed by atoms with Gasteiger partial charge in [-0.05, 0) is 74.2 Å². The van der Waals surface area contributed by atoms with E-state index in [1.165, 1.54) is 10.8 Å². The van der Waals surface area contributed by atoms with Crippen molar-refractivity contribution in [2.45, 2.75) is 50.9 Å². The van der Waals surface area contributed by atoms with Crippen molar-refractivity contribution in [1.29, 1.82) is 5.26 Å². The van der Waals surface area contributed by atoms with Crippen LogP contribution < -0.4 is 16.2 Å². The maximum atomic E-state index is 13.7. The Balaban J connectivity index is 1.34. The molecule has 0 unspecified atom stereocenters. The van der Waals surface area contributed by atoms with E-state index in [1.807, 2.05) is 35.1 Å². The Kier molecular flexibility index (Phi) is 6.83. The van der Waals surface area contributed by atoms with E-state index in [0.29, 0.717) is 27.7 Å². The summed E-state index contributed by atoms with van der Waals surface area (Å²) in [5.74, 6) is 0.743. The maximum absolute atomic E-state index is 13.7. The number of halogens is 4. The van der Waals surface area contributed by atoms with E-state index in [2.05, 4.69) is 25.9 Å². The number of hydrogen-bond acceptors (Lipinski definition) is 7. The third kappa shape index (κ3) is 4.76. The number of anilines is 2. The zero-order valence-corrected chi connectivity index (χ0v) is 26.0. The molecule has 236 valence electrons. The molecule has 2 bridgehead atoms. The molecule has 46 heavy (non-hydrogen) atoms. The van der Waals surface area contributed by atoms with E-state index in [0.717, 1.165) is 50.0 Å². The van der Waals surface area contributed by atoms with Gasteiger partial charge in [0.05, 0.1) is 45.0 Å². The summed E-state index contributed by atoms with van der Waals surface area (Å²) in [6, 6.07) is 12.2. The van der Waals surface area contributed by atoms with E-state index in [9.17, 15) is 23.2 Å². The molecule has 0 aliphatic heterocycles. The molecule has 2 N–H and O–H groups in total. The van der Waals surface area contributed by atoms with E-state index >= 15 is 0 Å². The van der Waals surface area contributed by atoms with Crippen LogP contribution in [0.3, 0.4) is 0 Å². The molecule has 0 amide bonds. The highest BCUT2D eigenvalue weighted by Gasteiger charge is 2.59. The topological polar surface area (TPSA) is 113 Å². The van der Waals surface area contributed by atoms with E-state index in [1.54, 1.807) is 31.4 Å². The monoisotopic (exact) mass is 646 g/mol. The Hall–Kier alpha value is -4.63. The summed E-state index contributed by atoms with van der Waals surface area (Å²) >= 11 is 6.73. The summed E-state index contributed by atoms with van der Waals surface area (Å²) in [7, 11) is 1.70. The number of rotatable bonds is 8. The number of pyridine rings is 2. The number of benzene rings is 2. The number of nitrogens with one attached hydrogen (secondary N) is 2. The lowest BCUT2D eigenvalue weighted by molar-refractivity contribution is -0.206. The Labute approximate surface area is 267 Å². The predicted octanol–water partition coefficient (Wildman–Crippen LogP) is 6.91. The van der Waals surface area contributed by atoms with E-state index in [4.69, 9.17) is 11.6 Å². The fourth-order valence-corrected chi connectivity index (χ4v) is 6.78. The van der Waals surface area contributed by atoms with Crippen molar-refractivity contribution in [3.63, 3.8) is 0 Å². The third-order valence-electron chi connectivity index (χ3n) is 9.60. The fraction of sp³-hybridized carbons (Fsp3) is 0.364. The van der Waals surface area contributed by atoms with Crippen molar-refractivity contribution in [3.05, 3.63) is 87.2 Å². The van der Waals surface area contributed by atoms with Gasteiger partial charge in [-0.2, -0.15) is 18.4 Å². The molecule has 0 spiro atoms. The van der Waals surface area contributed by atoms with Gasteiger partial charge in [-0.3, -0.25) is 9.78 Å². The van der Waals surface area contributed by atoms with Crippen LogP contribution >= 0.6 is 11.6 Å². The van der Waals surface area contributed by atoms with Crippen LogP contribution in [0, 0.1) is 22.7 Å². The molecular weight excluding hydrogens is 617 g/mol. The first-order chi connectivity index (χ1) is 21.8. The van der Waals surface area contributed by atoms with E-state index in [-0.39, 0.29) is 27.4 Å². The largest absolute Gasteiger partial charge is 0.395 e. The van der Waals surface area contributed by atoms with Crippen molar-refractivity contribution >= 4 is 44.7 Å². The first-order valence-electron chi connectivity index (χ1n) is 14.9. The minimum atomic E-state index is -4.47. The third-order valence-corrected chi connectivity index (χ3v) is 9.88. The van der Waals surface area contributed by atoms with Crippen LogP contribution in [0.1, 0.15) is 56.0 Å². The fourth-order valence-electron chi connectivity index (χ4n) is 6.51. The minimum absolute atomic E-state index is 0.00550. The van der Waals surface area contributed by atoms with Gasteiger partial charge in [-0.1, -0.05) is 28.9 Å². The van der Waals surface area contributed by atoms with Crippen molar-refractivity contribution in [3.8, 4) is 6.07 Å². The van der Waals surface area contributed by atoms with Crippen molar-refractivity contribution in [2.24, 2.45) is 18.4 Å². The highest BCUT2D eigenvalue weighted by Crippen LogP contribution is 2.62. The molecule has 3 aromatic heterocycles. The molecule has 0 radical (unpaired) electrons. The summed E-state index contributed by atoms with van der Waals surface area (Å²) < 4.78 is 44.6. The Morgan fingerprint density at radius 3 is 2.59 bits per heavy atom. The van der Waals surface area contributed by atoms with Crippen LogP contribution in [0.2, 0.25) is 5.02 Å². The second-order valence-corrected chi connectivity index (χ2v) is 13.6. The maximum Gasteiger partial charge on any atom is 0.395 e. The SMILES string of the molecule is Cn1ccc2c([C@H](Nc3cc(Cl)c4ncc(C#N)c(NCC(C)(C)C(F)(F)F)c4c3)c3cn(C45CC(C4)C5)nn3)cccc2c1=O. The number of hydrogen-bond donors (Lipinski definition) is 2. The van der Waals surface area contributed by atoms with E-state index < -0.39 is 24.2 Å². The molecular formula is C33H30ClF3N8O. The number of aryl methyl sites for hydroxylation is 1. The number of alkyl halides is 3. The second-order valence-electron chi connectivity index (χ2n) is 13.2. The van der Waals surface area contributed by atoms with Gasteiger partial charge in [0.1, 0.15) is 11.8 Å². The number of aromatic nitrogens is 5. The lowest BCUT2D eigenvalue weighted by Crippen LogP contribution is -2.59. The quantitative estimate of drug-likeness (QED) is 0.188. The molecule has 5 aromatic rings. The van der Waals surface area contributed by atoms with Crippen LogP contribution in [0.4, 0.5) is 24.5 Å². The molecule has 3 heterocycles. The molecule has 3 fully saturated rings. The summed E-state index contributed by atoms with van der Waals surface area (Å²) in [5.41, 5.74) is 0.336. The average molecular weight is 647 g/mol. The number of nitrogens with zero attached hydrogens (tertiary/aromatic N) is 6. The molecule has 1 atom stereocenters.